The molecule has 0 saturated carbocycles. The van der Waals surface area contributed by atoms with Gasteiger partial charge in [-0.2, -0.15) is 4.98 Å². The molecule has 0 atom stereocenters. The van der Waals surface area contributed by atoms with Gasteiger partial charge in [-0.05, 0) is 25.0 Å². The minimum absolute atomic E-state index is 0.0993. The zero-order chi connectivity index (χ0) is 13.5. The summed E-state index contributed by atoms with van der Waals surface area (Å²) in [6, 6.07) is 3.63. The van der Waals surface area contributed by atoms with Crippen molar-refractivity contribution in [2.45, 2.75) is 20.8 Å². The van der Waals surface area contributed by atoms with Gasteiger partial charge in [0.05, 0.1) is 18.9 Å². The molecule has 0 aliphatic rings. The number of nitrogen functional groups attached to an aromatic ring is 1. The zero-order valence-electron chi connectivity index (χ0n) is 11.4. The molecule has 3 N–H and O–H groups in total. The molecule has 0 amide bonds. The summed E-state index contributed by atoms with van der Waals surface area (Å²) in [5.41, 5.74) is 6.38. The molecule has 0 fully saturated rings. The van der Waals surface area contributed by atoms with Crippen LogP contribution in [0.25, 0.3) is 0 Å². The highest BCUT2D eigenvalue weighted by Gasteiger charge is 2.10. The van der Waals surface area contributed by atoms with Crippen LogP contribution in [0.1, 0.15) is 20.8 Å². The van der Waals surface area contributed by atoms with E-state index in [4.69, 9.17) is 15.6 Å². The summed E-state index contributed by atoms with van der Waals surface area (Å²) in [5.74, 6) is 1.67. The quantitative estimate of drug-likeness (QED) is 0.771. The van der Waals surface area contributed by atoms with Gasteiger partial charge in [0.25, 0.3) is 0 Å². The Morgan fingerprint density at radius 1 is 1.44 bits per heavy atom. The first kappa shape index (κ1) is 14.6. The molecule has 0 aromatic carbocycles. The van der Waals surface area contributed by atoms with Crippen molar-refractivity contribution in [3.05, 3.63) is 12.1 Å². The highest BCUT2D eigenvalue weighted by atomic mass is 16.5. The average molecular weight is 253 g/mol. The molecule has 1 aromatic heterocycles. The summed E-state index contributed by atoms with van der Waals surface area (Å²) in [6.45, 7) is 8.18. The summed E-state index contributed by atoms with van der Waals surface area (Å²) in [5, 5.41) is 9.00. The van der Waals surface area contributed by atoms with Crippen LogP contribution in [0.4, 0.5) is 11.5 Å². The van der Waals surface area contributed by atoms with E-state index in [1.165, 1.54) is 0 Å². The van der Waals surface area contributed by atoms with Crippen LogP contribution in [-0.2, 0) is 0 Å². The Balaban J connectivity index is 2.84. The van der Waals surface area contributed by atoms with Gasteiger partial charge in [-0.1, -0.05) is 13.8 Å². The minimum atomic E-state index is 0.0993. The Morgan fingerprint density at radius 3 is 2.72 bits per heavy atom. The number of aliphatic hydroxyl groups is 1. The predicted octanol–water partition coefficient (Wildman–Crippen LogP) is 1.52. The first-order valence-electron chi connectivity index (χ1n) is 6.33. The summed E-state index contributed by atoms with van der Waals surface area (Å²) in [4.78, 5) is 6.38. The molecule has 1 aromatic rings. The fourth-order valence-corrected chi connectivity index (χ4v) is 1.53. The monoisotopic (exact) mass is 253 g/mol. The Morgan fingerprint density at radius 2 is 2.17 bits per heavy atom. The predicted molar refractivity (Wildman–Crippen MR) is 74.0 cm³/mol. The Bertz CT molecular complexity index is 369. The second kappa shape index (κ2) is 7.06. The number of nitrogens with two attached hydrogens (primary N) is 1. The number of hydrogen-bond donors (Lipinski definition) is 2. The standard InChI is InChI=1S/C13H23N3O2/c1-4-16(7-8-17)12-6-5-11(14)13(15-12)18-9-10(2)3/h5-6,10,17H,4,7-9,14H2,1-3H3. The third-order valence-electron chi connectivity index (χ3n) is 2.50. The number of hydrogen-bond acceptors (Lipinski definition) is 5. The van der Waals surface area contributed by atoms with Gasteiger partial charge in [0, 0.05) is 13.1 Å². The lowest BCUT2D eigenvalue weighted by molar-refractivity contribution is 0.262. The summed E-state index contributed by atoms with van der Waals surface area (Å²) in [6.07, 6.45) is 0. The normalized spacial score (nSPS) is 10.7. The van der Waals surface area contributed by atoms with E-state index in [9.17, 15) is 0 Å². The van der Waals surface area contributed by atoms with Gasteiger partial charge in [0.2, 0.25) is 5.88 Å². The number of rotatable bonds is 7. The minimum Gasteiger partial charge on any atom is -0.476 e. The second-order valence-electron chi connectivity index (χ2n) is 4.57. The highest BCUT2D eigenvalue weighted by molar-refractivity contribution is 5.54. The molecule has 5 nitrogen and oxygen atoms in total. The molecular formula is C13H23N3O2. The third-order valence-corrected chi connectivity index (χ3v) is 2.50. The number of aliphatic hydroxyl groups excluding tert-OH is 1. The molecule has 0 saturated heterocycles. The van der Waals surface area contributed by atoms with Gasteiger partial charge in [0.1, 0.15) is 5.82 Å². The topological polar surface area (TPSA) is 71.6 Å². The van der Waals surface area contributed by atoms with Crippen LogP contribution in [0.5, 0.6) is 5.88 Å². The average Bonchev–Trinajstić information content (AvgIpc) is 2.35. The van der Waals surface area contributed by atoms with Crippen molar-refractivity contribution >= 4 is 11.5 Å². The van der Waals surface area contributed by atoms with Crippen LogP contribution in [0.2, 0.25) is 0 Å². The van der Waals surface area contributed by atoms with Gasteiger partial charge >= 0.3 is 0 Å². The lowest BCUT2D eigenvalue weighted by Crippen LogP contribution is -2.27. The van der Waals surface area contributed by atoms with Crippen LogP contribution < -0.4 is 15.4 Å². The molecule has 0 aliphatic heterocycles. The number of pyridine rings is 1. The van der Waals surface area contributed by atoms with Crippen LogP contribution >= 0.6 is 0 Å². The molecule has 5 heteroatoms. The molecule has 102 valence electrons. The molecule has 0 bridgehead atoms. The van der Waals surface area contributed by atoms with Crippen LogP contribution in [-0.4, -0.2) is 36.4 Å². The number of ether oxygens (including phenoxy) is 1. The molecule has 0 unspecified atom stereocenters. The smallest absolute Gasteiger partial charge is 0.239 e. The molecule has 1 rings (SSSR count). The molecule has 18 heavy (non-hydrogen) atoms. The summed E-state index contributed by atoms with van der Waals surface area (Å²) >= 11 is 0. The van der Waals surface area contributed by atoms with Crippen LogP contribution in [0.3, 0.4) is 0 Å². The van der Waals surface area contributed by atoms with Crippen molar-refractivity contribution in [1.29, 1.82) is 0 Å². The van der Waals surface area contributed by atoms with E-state index in [0.29, 0.717) is 30.6 Å². The lowest BCUT2D eigenvalue weighted by atomic mass is 10.2. The second-order valence-corrected chi connectivity index (χ2v) is 4.57. The van der Waals surface area contributed by atoms with E-state index in [2.05, 4.69) is 18.8 Å². The number of anilines is 2. The summed E-state index contributed by atoms with van der Waals surface area (Å²) in [7, 11) is 0. The number of likely N-dealkylation sites (N-methyl/N-ethyl adjacent to an activating group) is 1. The number of nitrogens with zero attached hydrogens (tertiary/aromatic N) is 2. The molecule has 0 radical (unpaired) electrons. The van der Waals surface area contributed by atoms with Crippen molar-refractivity contribution in [3.63, 3.8) is 0 Å². The zero-order valence-corrected chi connectivity index (χ0v) is 11.4. The van der Waals surface area contributed by atoms with Crippen molar-refractivity contribution in [2.24, 2.45) is 5.92 Å². The van der Waals surface area contributed by atoms with Gasteiger partial charge < -0.3 is 20.5 Å². The van der Waals surface area contributed by atoms with Crippen molar-refractivity contribution < 1.29 is 9.84 Å². The Labute approximate surface area is 109 Å². The maximum absolute atomic E-state index is 9.00. The first-order chi connectivity index (χ1) is 8.58. The number of aromatic nitrogens is 1. The molecule has 0 aliphatic carbocycles. The Hall–Kier alpha value is -1.49. The molecule has 0 spiro atoms. The van der Waals surface area contributed by atoms with Crippen molar-refractivity contribution in [2.75, 3.05) is 36.9 Å². The lowest BCUT2D eigenvalue weighted by Gasteiger charge is -2.21. The summed E-state index contributed by atoms with van der Waals surface area (Å²) < 4.78 is 5.59. The third kappa shape index (κ3) is 4.07. The van der Waals surface area contributed by atoms with Gasteiger partial charge in [-0.25, -0.2) is 0 Å². The van der Waals surface area contributed by atoms with Gasteiger partial charge in [-0.15, -0.1) is 0 Å². The van der Waals surface area contributed by atoms with Crippen molar-refractivity contribution in [1.82, 2.24) is 4.98 Å². The molecular weight excluding hydrogens is 230 g/mol. The van der Waals surface area contributed by atoms with Crippen LogP contribution in [0, 0.1) is 5.92 Å². The van der Waals surface area contributed by atoms with E-state index in [1.807, 2.05) is 17.9 Å². The van der Waals surface area contributed by atoms with Gasteiger partial charge in [-0.3, -0.25) is 0 Å². The van der Waals surface area contributed by atoms with E-state index >= 15 is 0 Å². The van der Waals surface area contributed by atoms with Crippen molar-refractivity contribution in [3.8, 4) is 5.88 Å². The van der Waals surface area contributed by atoms with E-state index < -0.39 is 0 Å². The maximum Gasteiger partial charge on any atom is 0.239 e. The van der Waals surface area contributed by atoms with Crippen LogP contribution in [0.15, 0.2) is 12.1 Å². The van der Waals surface area contributed by atoms with Gasteiger partial charge in [0.15, 0.2) is 0 Å². The maximum atomic E-state index is 9.00. The fraction of sp³-hybridized carbons (Fsp3) is 0.615. The Kier molecular flexibility index (Phi) is 5.71. The van der Waals surface area contributed by atoms with E-state index in [-0.39, 0.29) is 6.61 Å². The highest BCUT2D eigenvalue weighted by Crippen LogP contribution is 2.23. The first-order valence-corrected chi connectivity index (χ1v) is 6.33. The van der Waals surface area contributed by atoms with E-state index in [1.54, 1.807) is 6.07 Å². The van der Waals surface area contributed by atoms with E-state index in [0.717, 1.165) is 12.4 Å². The fourth-order valence-electron chi connectivity index (χ4n) is 1.53. The molecule has 1 heterocycles. The SMILES string of the molecule is CCN(CCO)c1ccc(N)c(OCC(C)C)n1. The largest absolute Gasteiger partial charge is 0.476 e.